The monoisotopic (exact) mass is 461 g/mol. The standard InChI is InChI=1S/3C2F5.ClH.Ga/c3*3-1(4)2(5,6)7;;/h;;;1H;/p-1. The van der Waals surface area contributed by atoms with E-state index in [9.17, 15) is 65.9 Å². The van der Waals surface area contributed by atoms with Gasteiger partial charge in [-0.1, -0.05) is 0 Å². The summed E-state index contributed by atoms with van der Waals surface area (Å²) in [6.45, 7) is 0. The second-order valence-electron chi connectivity index (χ2n) is 4.12. The third-order valence-electron chi connectivity index (χ3n) is 2.63. The van der Waals surface area contributed by atoms with Crippen LogP contribution in [0.2, 0.25) is 0 Å². The number of alkyl halides is 15. The molecule has 0 aromatic carbocycles. The second kappa shape index (κ2) is 5.44. The average molecular weight is 462 g/mol. The Bertz CT molecular complexity index is 376. The molecule has 23 heavy (non-hydrogen) atoms. The van der Waals surface area contributed by atoms with E-state index in [-0.39, 0.29) is 0 Å². The average Bonchev–Trinajstić information content (AvgIpc) is 2.22. The Morgan fingerprint density at radius 3 is 0.609 bits per heavy atom. The van der Waals surface area contributed by atoms with Gasteiger partial charge in [0.05, 0.1) is 0 Å². The molecule has 0 fully saturated rings. The summed E-state index contributed by atoms with van der Waals surface area (Å²) in [6, 6.07) is 0. The van der Waals surface area contributed by atoms with Crippen LogP contribution in [0.3, 0.4) is 0 Å². The molecule has 0 unspecified atom stereocenters. The summed E-state index contributed by atoms with van der Waals surface area (Å²) in [7, 11) is 3.66. The SMILES string of the molecule is FC(F)(F)[C](F)(F)[Ga-]([Cl])([C](F)(F)C(F)(F)F)[C](F)(F)C(F)(F)F. The van der Waals surface area contributed by atoms with Crippen LogP contribution in [-0.2, 0) is 0 Å². The Morgan fingerprint density at radius 1 is 0.391 bits per heavy atom. The Morgan fingerprint density at radius 2 is 0.522 bits per heavy atom. The molecule has 0 saturated carbocycles. The fourth-order valence-electron chi connectivity index (χ4n) is 1.36. The van der Waals surface area contributed by atoms with Gasteiger partial charge in [0, 0.05) is 0 Å². The van der Waals surface area contributed by atoms with Gasteiger partial charge in [-0.15, -0.1) is 0 Å². The van der Waals surface area contributed by atoms with E-state index in [1.165, 1.54) is 0 Å². The van der Waals surface area contributed by atoms with Crippen molar-refractivity contribution in [3.05, 3.63) is 0 Å². The van der Waals surface area contributed by atoms with Crippen LogP contribution in [0.1, 0.15) is 0 Å². The summed E-state index contributed by atoms with van der Waals surface area (Å²) in [5, 5.41) is 0. The summed E-state index contributed by atoms with van der Waals surface area (Å²) >= 11 is -10.7. The number of halogens is 16. The van der Waals surface area contributed by atoms with E-state index in [2.05, 4.69) is 9.64 Å². The second-order valence-corrected chi connectivity index (χ2v) is 15.3. The van der Waals surface area contributed by atoms with Gasteiger partial charge in [-0.2, -0.15) is 0 Å². The molecule has 0 heterocycles. The molecular formula is C6ClF15Ga-. The van der Waals surface area contributed by atoms with Gasteiger partial charge in [-0.05, 0) is 0 Å². The summed E-state index contributed by atoms with van der Waals surface area (Å²) in [5.74, 6) is 0. The first-order valence-corrected chi connectivity index (χ1v) is 11.5. The Balaban J connectivity index is 6.97. The molecule has 0 aliphatic carbocycles. The van der Waals surface area contributed by atoms with E-state index >= 15 is 0 Å². The molecule has 0 amide bonds. The molecule has 0 spiro atoms. The zero-order chi connectivity index (χ0) is 19.5. The van der Waals surface area contributed by atoms with E-state index in [0.29, 0.717) is 0 Å². The Labute approximate surface area is 122 Å². The molecule has 0 aromatic heterocycles. The number of rotatable bonds is 3. The topological polar surface area (TPSA) is 0 Å². The molecule has 0 saturated heterocycles. The Hall–Kier alpha value is -0.124. The van der Waals surface area contributed by atoms with Crippen LogP contribution in [-0.4, -0.2) is 46.0 Å². The molecule has 0 nitrogen and oxygen atoms in total. The van der Waals surface area contributed by atoms with Crippen LogP contribution in [0.25, 0.3) is 0 Å². The molecule has 17 heteroatoms. The van der Waals surface area contributed by atoms with Crippen LogP contribution < -0.4 is 0 Å². The first kappa shape index (κ1) is 22.9. The first-order valence-electron chi connectivity index (χ1n) is 4.67. The van der Waals surface area contributed by atoms with Crippen molar-refractivity contribution in [1.82, 2.24) is 0 Å². The predicted molar refractivity (Wildman–Crippen MR) is 44.6 cm³/mol. The first-order chi connectivity index (χ1) is 9.50. The van der Waals surface area contributed by atoms with Gasteiger partial charge in [0.15, 0.2) is 0 Å². The van der Waals surface area contributed by atoms with Gasteiger partial charge in [0.2, 0.25) is 0 Å². The zero-order valence-corrected chi connectivity index (χ0v) is 12.8. The third-order valence-corrected chi connectivity index (χ3v) is 15.3. The normalized spacial score (nSPS) is 16.7. The fourth-order valence-corrected chi connectivity index (χ4v) is 8.99. The van der Waals surface area contributed by atoms with Gasteiger partial charge in [-0.3, -0.25) is 0 Å². The zero-order valence-electron chi connectivity index (χ0n) is 9.62. The van der Waals surface area contributed by atoms with Crippen LogP contribution in [0.15, 0.2) is 0 Å². The molecule has 0 radical (unpaired) electrons. The summed E-state index contributed by atoms with van der Waals surface area (Å²) < 4.78 is 162. The van der Waals surface area contributed by atoms with Crippen molar-refractivity contribution in [2.75, 3.05) is 0 Å². The minimum absolute atomic E-state index is 3.66. The Kier molecular flexibility index (Phi) is 5.41. The van der Waals surface area contributed by atoms with E-state index in [0.717, 1.165) is 0 Å². The van der Waals surface area contributed by atoms with Crippen LogP contribution in [0, 0.1) is 0 Å². The predicted octanol–water partition coefficient (Wildman–Crippen LogP) is 5.38. The molecule has 0 rings (SSSR count). The molecule has 0 bridgehead atoms. The summed E-state index contributed by atoms with van der Waals surface area (Å²) in [6.07, 6.45) is -22.8. The van der Waals surface area contributed by atoms with Gasteiger partial charge in [-0.25, -0.2) is 0 Å². The van der Waals surface area contributed by atoms with Crippen LogP contribution in [0.4, 0.5) is 65.9 Å². The molecule has 0 N–H and O–H groups in total. The van der Waals surface area contributed by atoms with Gasteiger partial charge < -0.3 is 0 Å². The maximum absolute atomic E-state index is 12.9. The van der Waals surface area contributed by atoms with Crippen molar-refractivity contribution < 1.29 is 65.9 Å². The molecule has 0 aliphatic rings. The van der Waals surface area contributed by atoms with E-state index in [1.54, 1.807) is 0 Å². The number of hydrogen-bond acceptors (Lipinski definition) is 0. The van der Waals surface area contributed by atoms with E-state index in [1.807, 2.05) is 0 Å². The van der Waals surface area contributed by atoms with Crippen molar-refractivity contribution in [2.45, 2.75) is 32.0 Å². The maximum atomic E-state index is 12.9. The molecule has 140 valence electrons. The van der Waals surface area contributed by atoms with Gasteiger partial charge in [0.25, 0.3) is 0 Å². The van der Waals surface area contributed by atoms with Crippen molar-refractivity contribution in [3.63, 3.8) is 0 Å². The van der Waals surface area contributed by atoms with Gasteiger partial charge >= 0.3 is 121 Å². The van der Waals surface area contributed by atoms with E-state index in [4.69, 9.17) is 0 Å². The molecule has 0 aliphatic heterocycles. The minimum atomic E-state index is -10.7. The van der Waals surface area contributed by atoms with Crippen LogP contribution in [0.5, 0.6) is 0 Å². The van der Waals surface area contributed by atoms with Crippen molar-refractivity contribution in [1.29, 1.82) is 0 Å². The van der Waals surface area contributed by atoms with Crippen LogP contribution >= 0.6 is 9.64 Å². The molecule has 0 atom stereocenters. The third kappa shape index (κ3) is 2.98. The van der Waals surface area contributed by atoms with Gasteiger partial charge in [0.1, 0.15) is 0 Å². The van der Waals surface area contributed by atoms with Crippen molar-refractivity contribution in [3.8, 4) is 0 Å². The van der Waals surface area contributed by atoms with Crippen molar-refractivity contribution in [2.24, 2.45) is 0 Å². The summed E-state index contributed by atoms with van der Waals surface area (Å²) in [4.78, 5) is 0. The fraction of sp³-hybridized carbons (Fsp3) is 1.00. The quantitative estimate of drug-likeness (QED) is 0.391. The number of hydrogen-bond donors (Lipinski definition) is 0. The van der Waals surface area contributed by atoms with Crippen molar-refractivity contribution >= 4 is 23.7 Å². The summed E-state index contributed by atoms with van der Waals surface area (Å²) in [5.41, 5.74) is 0. The van der Waals surface area contributed by atoms with E-state index < -0.39 is 46.0 Å². The molecule has 0 aromatic rings. The molecular weight excluding hydrogens is 462 g/mol.